The van der Waals surface area contributed by atoms with Gasteiger partial charge in [0.25, 0.3) is 0 Å². The highest BCUT2D eigenvalue weighted by Gasteiger charge is 2.30. The van der Waals surface area contributed by atoms with Crippen molar-refractivity contribution in [1.82, 2.24) is 4.90 Å². The van der Waals surface area contributed by atoms with Crippen LogP contribution in [-0.2, 0) is 6.54 Å². The molecular weight excluding hydrogens is 174 g/mol. The van der Waals surface area contributed by atoms with Crippen LogP contribution in [0, 0.1) is 0 Å². The lowest BCUT2D eigenvalue weighted by Gasteiger charge is -2.18. The molecule has 0 bridgehead atoms. The molecule has 0 saturated carbocycles. The van der Waals surface area contributed by atoms with Gasteiger partial charge >= 0.3 is 0 Å². The predicted octanol–water partition coefficient (Wildman–Crippen LogP) is 1.64. The molecular formula is C12H17NO. The predicted molar refractivity (Wildman–Crippen MR) is 57.0 cm³/mol. The van der Waals surface area contributed by atoms with Gasteiger partial charge in [-0.2, -0.15) is 0 Å². The van der Waals surface area contributed by atoms with E-state index in [9.17, 15) is 5.11 Å². The van der Waals surface area contributed by atoms with Crippen LogP contribution in [0.2, 0.25) is 0 Å². The number of hydrogen-bond donors (Lipinski definition) is 1. The molecule has 1 N–H and O–H groups in total. The zero-order valence-electron chi connectivity index (χ0n) is 8.61. The Labute approximate surface area is 85.2 Å². The minimum Gasteiger partial charge on any atom is -0.389 e. The summed E-state index contributed by atoms with van der Waals surface area (Å²) in [5.41, 5.74) is 0.847. The van der Waals surface area contributed by atoms with Gasteiger partial charge in [-0.1, -0.05) is 30.3 Å². The van der Waals surface area contributed by atoms with Gasteiger partial charge in [-0.05, 0) is 18.9 Å². The van der Waals surface area contributed by atoms with E-state index < -0.39 is 5.60 Å². The topological polar surface area (TPSA) is 23.5 Å². The van der Waals surface area contributed by atoms with Crippen LogP contribution in [-0.4, -0.2) is 28.7 Å². The first-order chi connectivity index (χ1) is 6.66. The van der Waals surface area contributed by atoms with E-state index in [4.69, 9.17) is 0 Å². The minimum atomic E-state index is -0.477. The Balaban J connectivity index is 1.94. The molecule has 1 atom stereocenters. The number of benzene rings is 1. The molecule has 1 aliphatic heterocycles. The molecule has 2 heteroatoms. The number of β-amino-alcohol motifs (C(OH)–C–C–N with tert-alkyl or cyclic N) is 1. The highest BCUT2D eigenvalue weighted by Crippen LogP contribution is 2.21. The fourth-order valence-corrected chi connectivity index (χ4v) is 2.02. The van der Waals surface area contributed by atoms with Crippen molar-refractivity contribution in [3.8, 4) is 0 Å². The molecule has 1 aliphatic rings. The Morgan fingerprint density at radius 1 is 1.36 bits per heavy atom. The highest BCUT2D eigenvalue weighted by atomic mass is 16.3. The summed E-state index contributed by atoms with van der Waals surface area (Å²) in [5, 5.41) is 9.80. The first kappa shape index (κ1) is 9.69. The van der Waals surface area contributed by atoms with Crippen LogP contribution in [0.25, 0.3) is 0 Å². The Bertz CT molecular complexity index is 294. The Hall–Kier alpha value is -0.860. The molecule has 1 heterocycles. The normalized spacial score (nSPS) is 28.1. The molecule has 1 aromatic rings. The van der Waals surface area contributed by atoms with Gasteiger partial charge in [-0.3, -0.25) is 4.90 Å². The summed E-state index contributed by atoms with van der Waals surface area (Å²) < 4.78 is 0. The van der Waals surface area contributed by atoms with Crippen molar-refractivity contribution in [2.24, 2.45) is 0 Å². The van der Waals surface area contributed by atoms with Crippen molar-refractivity contribution in [1.29, 1.82) is 0 Å². The van der Waals surface area contributed by atoms with E-state index in [0.717, 1.165) is 26.1 Å². The van der Waals surface area contributed by atoms with Crippen molar-refractivity contribution >= 4 is 0 Å². The number of aliphatic hydroxyl groups is 1. The quantitative estimate of drug-likeness (QED) is 0.768. The van der Waals surface area contributed by atoms with Gasteiger partial charge in [0.15, 0.2) is 0 Å². The fraction of sp³-hybridized carbons (Fsp3) is 0.500. The lowest BCUT2D eigenvalue weighted by atomic mass is 10.1. The third-order valence-corrected chi connectivity index (χ3v) is 2.78. The van der Waals surface area contributed by atoms with E-state index in [0.29, 0.717) is 0 Å². The first-order valence-electron chi connectivity index (χ1n) is 5.14. The monoisotopic (exact) mass is 191 g/mol. The lowest BCUT2D eigenvalue weighted by molar-refractivity contribution is 0.0679. The molecule has 2 nitrogen and oxygen atoms in total. The van der Waals surface area contributed by atoms with Crippen LogP contribution in [0.4, 0.5) is 0 Å². The summed E-state index contributed by atoms with van der Waals surface area (Å²) in [6.07, 6.45) is 0.889. The van der Waals surface area contributed by atoms with E-state index in [1.807, 2.05) is 13.0 Å². The van der Waals surface area contributed by atoms with Crippen LogP contribution in [0.1, 0.15) is 18.9 Å². The summed E-state index contributed by atoms with van der Waals surface area (Å²) >= 11 is 0. The largest absolute Gasteiger partial charge is 0.389 e. The van der Waals surface area contributed by atoms with Gasteiger partial charge in [-0.25, -0.2) is 0 Å². The van der Waals surface area contributed by atoms with Crippen LogP contribution in [0.5, 0.6) is 0 Å². The first-order valence-corrected chi connectivity index (χ1v) is 5.14. The molecule has 2 rings (SSSR count). The van der Waals surface area contributed by atoms with E-state index in [1.165, 1.54) is 5.56 Å². The SMILES string of the molecule is C[C@@]1(O)CCN(Cc2ccccc2)C1. The minimum absolute atomic E-state index is 0.477. The molecule has 1 aromatic carbocycles. The summed E-state index contributed by atoms with van der Waals surface area (Å²) in [4.78, 5) is 2.30. The number of nitrogens with zero attached hydrogens (tertiary/aromatic N) is 1. The van der Waals surface area contributed by atoms with Gasteiger partial charge in [-0.15, -0.1) is 0 Å². The lowest BCUT2D eigenvalue weighted by Crippen LogP contribution is -2.29. The molecule has 76 valence electrons. The second-order valence-corrected chi connectivity index (χ2v) is 4.44. The molecule has 0 aliphatic carbocycles. The number of rotatable bonds is 2. The maximum atomic E-state index is 9.80. The van der Waals surface area contributed by atoms with Crippen molar-refractivity contribution in [2.45, 2.75) is 25.5 Å². The Kier molecular flexibility index (Phi) is 2.57. The fourth-order valence-electron chi connectivity index (χ4n) is 2.02. The summed E-state index contributed by atoms with van der Waals surface area (Å²) in [6.45, 7) is 4.67. The highest BCUT2D eigenvalue weighted by molar-refractivity contribution is 5.14. The molecule has 0 amide bonds. The molecule has 0 radical (unpaired) electrons. The average molecular weight is 191 g/mol. The second-order valence-electron chi connectivity index (χ2n) is 4.44. The average Bonchev–Trinajstić information content (AvgIpc) is 2.47. The smallest absolute Gasteiger partial charge is 0.0758 e. The van der Waals surface area contributed by atoms with E-state index in [-0.39, 0.29) is 0 Å². The van der Waals surface area contributed by atoms with Crippen LogP contribution >= 0.6 is 0 Å². The van der Waals surface area contributed by atoms with E-state index >= 15 is 0 Å². The number of hydrogen-bond acceptors (Lipinski definition) is 2. The van der Waals surface area contributed by atoms with Crippen LogP contribution in [0.15, 0.2) is 30.3 Å². The second kappa shape index (κ2) is 3.71. The maximum Gasteiger partial charge on any atom is 0.0758 e. The number of likely N-dealkylation sites (tertiary alicyclic amines) is 1. The van der Waals surface area contributed by atoms with E-state index in [2.05, 4.69) is 29.2 Å². The standard InChI is InChI=1S/C12H17NO/c1-12(14)7-8-13(10-12)9-11-5-3-2-4-6-11/h2-6,14H,7-10H2,1H3/t12-/m1/s1. The maximum absolute atomic E-state index is 9.80. The summed E-state index contributed by atoms with van der Waals surface area (Å²) in [6, 6.07) is 10.4. The Morgan fingerprint density at radius 2 is 2.07 bits per heavy atom. The van der Waals surface area contributed by atoms with Crippen molar-refractivity contribution in [2.75, 3.05) is 13.1 Å². The summed E-state index contributed by atoms with van der Waals surface area (Å²) in [7, 11) is 0. The third-order valence-electron chi connectivity index (χ3n) is 2.78. The molecule has 0 unspecified atom stereocenters. The van der Waals surface area contributed by atoms with Gasteiger partial charge in [0, 0.05) is 19.6 Å². The molecule has 0 aromatic heterocycles. The van der Waals surface area contributed by atoms with Crippen molar-refractivity contribution in [3.05, 3.63) is 35.9 Å². The van der Waals surface area contributed by atoms with Gasteiger partial charge < -0.3 is 5.11 Å². The zero-order chi connectivity index (χ0) is 10.0. The molecule has 0 spiro atoms. The van der Waals surface area contributed by atoms with Crippen LogP contribution in [0.3, 0.4) is 0 Å². The molecule has 1 fully saturated rings. The Morgan fingerprint density at radius 3 is 2.64 bits per heavy atom. The van der Waals surface area contributed by atoms with E-state index in [1.54, 1.807) is 0 Å². The zero-order valence-corrected chi connectivity index (χ0v) is 8.61. The third kappa shape index (κ3) is 2.34. The van der Waals surface area contributed by atoms with Gasteiger partial charge in [0.2, 0.25) is 0 Å². The van der Waals surface area contributed by atoms with Crippen LogP contribution < -0.4 is 0 Å². The molecule has 1 saturated heterocycles. The van der Waals surface area contributed by atoms with Crippen molar-refractivity contribution in [3.63, 3.8) is 0 Å². The van der Waals surface area contributed by atoms with Gasteiger partial charge in [0.1, 0.15) is 0 Å². The molecule has 14 heavy (non-hydrogen) atoms. The van der Waals surface area contributed by atoms with Crippen molar-refractivity contribution < 1.29 is 5.11 Å². The summed E-state index contributed by atoms with van der Waals surface area (Å²) in [5.74, 6) is 0. The van der Waals surface area contributed by atoms with Gasteiger partial charge in [0.05, 0.1) is 5.60 Å².